The van der Waals surface area contributed by atoms with Gasteiger partial charge in [-0.15, -0.1) is 0 Å². The molecule has 1 aromatic heterocycles. The van der Waals surface area contributed by atoms with E-state index in [0.29, 0.717) is 13.0 Å². The van der Waals surface area contributed by atoms with Crippen LogP contribution in [-0.2, 0) is 31.2 Å². The molecule has 11 heteroatoms. The number of nitrogens with one attached hydrogen (secondary N) is 3. The Kier molecular flexibility index (Phi) is 8.11. The Labute approximate surface area is 242 Å². The number of carbonyl (C=O) groups excluding carboxylic acids is 2. The standard InChI is InChI=1S/C31H32FN5O5/c32-23-10-8-21(9-11-23)27-31(22-12-15-33-16-13-22)26(28(36-27)37-31)29-40-18-24(19-41-29)35-25(38)7-4-14-34-30(39)42-17-20-5-2-1-3-6-20/h1-3,5-6,8-13,15-16,24,26-27,29H,4,7,14,17-19H2,(H,34,39)(H,35,38)(H,36,37). The minimum atomic E-state index is -0.619. The van der Waals surface area contributed by atoms with Gasteiger partial charge in [0.1, 0.15) is 29.8 Å². The molecule has 3 N–H and O–H groups in total. The van der Waals surface area contributed by atoms with Crippen LogP contribution >= 0.6 is 0 Å². The predicted molar refractivity (Wildman–Crippen MR) is 151 cm³/mol. The van der Waals surface area contributed by atoms with E-state index < -0.39 is 17.9 Å². The van der Waals surface area contributed by atoms with E-state index in [4.69, 9.17) is 19.2 Å². The molecule has 2 saturated heterocycles. The van der Waals surface area contributed by atoms with Crippen molar-refractivity contribution in [3.05, 3.63) is 102 Å². The summed E-state index contributed by atoms with van der Waals surface area (Å²) in [4.78, 5) is 33.4. The van der Waals surface area contributed by atoms with Gasteiger partial charge in [-0.05, 0) is 47.4 Å². The highest BCUT2D eigenvalue weighted by atomic mass is 19.1. The number of rotatable bonds is 10. The lowest BCUT2D eigenvalue weighted by atomic mass is 9.67. The molecule has 4 aliphatic heterocycles. The summed E-state index contributed by atoms with van der Waals surface area (Å²) < 4.78 is 31.1. The Bertz CT molecular complexity index is 1420. The highest BCUT2D eigenvalue weighted by Crippen LogP contribution is 2.57. The number of aliphatic imine (C=N–C) groups is 1. The summed E-state index contributed by atoms with van der Waals surface area (Å²) >= 11 is 0. The molecule has 4 aliphatic rings. The minimum Gasteiger partial charge on any atom is -0.445 e. The number of fused-ring (bicyclic) bond motifs is 1. The fourth-order valence-electron chi connectivity index (χ4n) is 5.77. The van der Waals surface area contributed by atoms with Crippen LogP contribution in [0.2, 0.25) is 0 Å². The number of aromatic nitrogens is 1. The number of halogens is 1. The Morgan fingerprint density at radius 1 is 1.02 bits per heavy atom. The summed E-state index contributed by atoms with van der Waals surface area (Å²) in [5, 5.41) is 9.12. The first kappa shape index (κ1) is 27.8. The lowest BCUT2D eigenvalue weighted by Crippen LogP contribution is -2.69. The molecule has 0 radical (unpaired) electrons. The van der Waals surface area contributed by atoms with Gasteiger partial charge in [0.25, 0.3) is 0 Å². The summed E-state index contributed by atoms with van der Waals surface area (Å²) in [6.45, 7) is 1.09. The largest absolute Gasteiger partial charge is 0.445 e. The smallest absolute Gasteiger partial charge is 0.407 e. The van der Waals surface area contributed by atoms with E-state index in [1.165, 1.54) is 12.1 Å². The zero-order valence-electron chi connectivity index (χ0n) is 22.9. The monoisotopic (exact) mass is 573 g/mol. The van der Waals surface area contributed by atoms with Gasteiger partial charge in [0.2, 0.25) is 5.91 Å². The van der Waals surface area contributed by atoms with Gasteiger partial charge >= 0.3 is 6.09 Å². The number of hydrogen-bond donors (Lipinski definition) is 3. The summed E-state index contributed by atoms with van der Waals surface area (Å²) in [5.74, 6) is 0.135. The topological polar surface area (TPSA) is 123 Å². The zero-order valence-corrected chi connectivity index (χ0v) is 22.9. The maximum atomic E-state index is 13.6. The molecule has 42 heavy (non-hydrogen) atoms. The lowest BCUT2D eigenvalue weighted by molar-refractivity contribution is -0.220. The van der Waals surface area contributed by atoms with E-state index in [9.17, 15) is 14.0 Å². The van der Waals surface area contributed by atoms with Crippen LogP contribution in [0.1, 0.15) is 35.6 Å². The summed E-state index contributed by atoms with van der Waals surface area (Å²) in [7, 11) is 0. The molecule has 0 saturated carbocycles. The second-order valence-electron chi connectivity index (χ2n) is 10.6. The number of hydrogen-bond acceptors (Lipinski definition) is 8. The van der Waals surface area contributed by atoms with Crippen LogP contribution in [0.25, 0.3) is 0 Å². The number of amidine groups is 1. The molecule has 5 heterocycles. The summed E-state index contributed by atoms with van der Waals surface area (Å²) in [6.07, 6.45) is 3.09. The molecule has 0 aliphatic carbocycles. The molecular weight excluding hydrogens is 541 g/mol. The van der Waals surface area contributed by atoms with Gasteiger partial charge in [0.15, 0.2) is 6.29 Å². The van der Waals surface area contributed by atoms with Crippen LogP contribution in [0.5, 0.6) is 0 Å². The normalized spacial score (nSPS) is 25.9. The van der Waals surface area contributed by atoms with Crippen molar-refractivity contribution in [2.45, 2.75) is 43.4 Å². The fourth-order valence-corrected chi connectivity index (χ4v) is 5.77. The predicted octanol–water partition coefficient (Wildman–Crippen LogP) is 3.35. The van der Waals surface area contributed by atoms with Crippen molar-refractivity contribution in [3.8, 4) is 0 Å². The summed E-state index contributed by atoms with van der Waals surface area (Å²) in [6, 6.07) is 19.1. The second-order valence-corrected chi connectivity index (χ2v) is 10.6. The van der Waals surface area contributed by atoms with Crippen molar-refractivity contribution in [3.63, 3.8) is 0 Å². The van der Waals surface area contributed by atoms with Crippen LogP contribution in [0, 0.1) is 11.7 Å². The van der Waals surface area contributed by atoms with Crippen LogP contribution < -0.4 is 16.0 Å². The van der Waals surface area contributed by atoms with Gasteiger partial charge in [0, 0.05) is 25.4 Å². The van der Waals surface area contributed by atoms with Crippen molar-refractivity contribution in [1.29, 1.82) is 0 Å². The van der Waals surface area contributed by atoms with Crippen molar-refractivity contribution in [1.82, 2.24) is 20.9 Å². The average Bonchev–Trinajstić information content (AvgIpc) is 3.57. The molecular formula is C31H32FN5O5. The molecule has 2 aromatic carbocycles. The van der Waals surface area contributed by atoms with Gasteiger partial charge in [-0.1, -0.05) is 42.5 Å². The number of alkyl carbamates (subject to hydrolysis) is 1. The number of ether oxygens (including phenoxy) is 3. The van der Waals surface area contributed by atoms with Gasteiger partial charge in [0.05, 0.1) is 25.2 Å². The third-order valence-electron chi connectivity index (χ3n) is 7.79. The number of pyridine rings is 1. The molecule has 0 spiro atoms. The third kappa shape index (κ3) is 5.70. The number of benzene rings is 2. The van der Waals surface area contributed by atoms with Gasteiger partial charge in [-0.2, -0.15) is 0 Å². The highest BCUT2D eigenvalue weighted by molar-refractivity contribution is 5.97. The van der Waals surface area contributed by atoms with Crippen molar-refractivity contribution in [2.24, 2.45) is 10.9 Å². The third-order valence-corrected chi connectivity index (χ3v) is 7.79. The van der Waals surface area contributed by atoms with Gasteiger partial charge in [-0.25, -0.2) is 9.18 Å². The molecule has 7 rings (SSSR count). The van der Waals surface area contributed by atoms with E-state index in [1.54, 1.807) is 24.5 Å². The van der Waals surface area contributed by atoms with Gasteiger partial charge in [-0.3, -0.25) is 14.8 Å². The Balaban J connectivity index is 0.974. The van der Waals surface area contributed by atoms with Crippen molar-refractivity contribution >= 4 is 17.8 Å². The van der Waals surface area contributed by atoms with E-state index in [2.05, 4.69) is 20.9 Å². The van der Waals surface area contributed by atoms with E-state index >= 15 is 0 Å². The molecule has 3 aromatic rings. The molecule has 2 amide bonds. The molecule has 10 nitrogen and oxygen atoms in total. The number of amides is 2. The lowest BCUT2D eigenvalue weighted by Gasteiger charge is -2.51. The maximum Gasteiger partial charge on any atom is 0.407 e. The first-order valence-corrected chi connectivity index (χ1v) is 14.0. The highest BCUT2D eigenvalue weighted by Gasteiger charge is 2.66. The minimum absolute atomic E-state index is 0.149. The van der Waals surface area contributed by atoms with Crippen LogP contribution in [0.4, 0.5) is 9.18 Å². The second kappa shape index (κ2) is 12.3. The molecule has 3 atom stereocenters. The van der Waals surface area contributed by atoms with Crippen LogP contribution in [-0.4, -0.2) is 54.9 Å². The van der Waals surface area contributed by atoms with E-state index in [0.717, 1.165) is 22.5 Å². The Morgan fingerprint density at radius 3 is 2.50 bits per heavy atom. The number of carbonyl (C=O) groups is 2. The van der Waals surface area contributed by atoms with Crippen molar-refractivity contribution < 1.29 is 28.2 Å². The van der Waals surface area contributed by atoms with Crippen LogP contribution in [0.15, 0.2) is 84.1 Å². The Morgan fingerprint density at radius 2 is 1.76 bits per heavy atom. The summed E-state index contributed by atoms with van der Waals surface area (Å²) in [5.41, 5.74) is 2.16. The SMILES string of the molecule is O=C(CCCNC(=O)OCc1ccccc1)NC1COC(C2C3=NC(c4ccc(F)cc4)C2(c2ccncc2)N3)OC1. The van der Waals surface area contributed by atoms with Gasteiger partial charge < -0.3 is 30.2 Å². The average molecular weight is 574 g/mol. The molecule has 3 unspecified atom stereocenters. The van der Waals surface area contributed by atoms with E-state index in [1.807, 2.05) is 42.5 Å². The zero-order chi connectivity index (χ0) is 28.9. The molecule has 218 valence electrons. The van der Waals surface area contributed by atoms with E-state index in [-0.39, 0.29) is 56.0 Å². The first-order valence-electron chi connectivity index (χ1n) is 14.0. The van der Waals surface area contributed by atoms with Crippen LogP contribution in [0.3, 0.4) is 0 Å². The first-order chi connectivity index (χ1) is 20.5. The fraction of sp³-hybridized carbons (Fsp3) is 0.355. The molecule has 2 bridgehead atoms. The Hall–Kier alpha value is -4.35. The molecule has 2 fully saturated rings. The maximum absolute atomic E-state index is 13.6. The quantitative estimate of drug-likeness (QED) is 0.318. The number of nitrogens with zero attached hydrogens (tertiary/aromatic N) is 2. The van der Waals surface area contributed by atoms with Crippen molar-refractivity contribution in [2.75, 3.05) is 19.8 Å².